The number of rotatable bonds is 3. The van der Waals surface area contributed by atoms with E-state index in [1.165, 1.54) is 18.4 Å². The molecular formula is C18H13ClF3N3O3S. The minimum atomic E-state index is -4.69. The molecule has 1 aliphatic rings. The van der Waals surface area contributed by atoms with Gasteiger partial charge in [-0.15, -0.1) is 11.3 Å². The number of alkyl halides is 3. The first-order valence-corrected chi connectivity index (χ1v) is 9.61. The summed E-state index contributed by atoms with van der Waals surface area (Å²) in [7, 11) is 1.50. The van der Waals surface area contributed by atoms with Gasteiger partial charge in [-0.05, 0) is 36.2 Å². The minimum Gasteiger partial charge on any atom is -0.497 e. The number of halogens is 4. The third kappa shape index (κ3) is 3.82. The number of hydrogen-bond donors (Lipinski definition) is 0. The molecule has 11 heteroatoms. The lowest BCUT2D eigenvalue weighted by molar-refractivity contribution is -0.159. The maximum absolute atomic E-state index is 12.9. The highest BCUT2D eigenvalue weighted by Gasteiger charge is 2.39. The van der Waals surface area contributed by atoms with Crippen molar-refractivity contribution in [3.8, 4) is 16.5 Å². The van der Waals surface area contributed by atoms with E-state index < -0.39 is 12.1 Å². The number of amides is 1. The fourth-order valence-corrected chi connectivity index (χ4v) is 4.31. The summed E-state index contributed by atoms with van der Waals surface area (Å²) in [5.41, 5.74) is 1.17. The van der Waals surface area contributed by atoms with Crippen LogP contribution in [0.2, 0.25) is 5.02 Å². The SMILES string of the molecule is COc1ccc(Cl)c(C(=O)N2CCc3sc(-c4noc(C(F)(F)F)n4)cc3C2)c1. The van der Waals surface area contributed by atoms with Crippen LogP contribution < -0.4 is 4.74 Å². The molecule has 1 amide bonds. The van der Waals surface area contributed by atoms with Crippen molar-refractivity contribution in [2.75, 3.05) is 13.7 Å². The zero-order valence-electron chi connectivity index (χ0n) is 14.9. The normalized spacial score (nSPS) is 14.0. The first-order chi connectivity index (χ1) is 13.8. The Bertz CT molecular complexity index is 1080. The van der Waals surface area contributed by atoms with Gasteiger partial charge in [-0.2, -0.15) is 18.2 Å². The number of ether oxygens (including phenoxy) is 1. The Hall–Kier alpha value is -2.59. The molecule has 0 radical (unpaired) electrons. The van der Waals surface area contributed by atoms with E-state index >= 15 is 0 Å². The van der Waals surface area contributed by atoms with Gasteiger partial charge in [0.05, 0.1) is 22.6 Å². The second-order valence-electron chi connectivity index (χ2n) is 6.30. The number of fused-ring (bicyclic) bond motifs is 1. The van der Waals surface area contributed by atoms with Crippen LogP contribution in [0.5, 0.6) is 5.75 Å². The van der Waals surface area contributed by atoms with Crippen LogP contribution in [0, 0.1) is 0 Å². The molecule has 0 spiro atoms. The summed E-state index contributed by atoms with van der Waals surface area (Å²) in [6.07, 6.45) is -4.13. The predicted molar refractivity (Wildman–Crippen MR) is 99.1 cm³/mol. The highest BCUT2D eigenvalue weighted by Crippen LogP contribution is 2.36. The summed E-state index contributed by atoms with van der Waals surface area (Å²) in [5.74, 6) is -1.23. The molecular weight excluding hydrogens is 431 g/mol. The second kappa shape index (κ2) is 7.34. The van der Waals surface area contributed by atoms with Crippen LogP contribution in [-0.2, 0) is 19.1 Å². The minimum absolute atomic E-state index is 0.120. The number of nitrogens with zero attached hydrogens (tertiary/aromatic N) is 3. The van der Waals surface area contributed by atoms with Crippen LogP contribution in [0.1, 0.15) is 26.7 Å². The van der Waals surface area contributed by atoms with Crippen molar-refractivity contribution >= 4 is 28.8 Å². The maximum atomic E-state index is 12.9. The highest BCUT2D eigenvalue weighted by atomic mass is 35.5. The van der Waals surface area contributed by atoms with Gasteiger partial charge in [0.25, 0.3) is 5.91 Å². The molecule has 3 aromatic rings. The summed E-state index contributed by atoms with van der Waals surface area (Å²) in [6, 6.07) is 6.54. The Morgan fingerprint density at radius 1 is 1.34 bits per heavy atom. The number of carbonyl (C=O) groups is 1. The first-order valence-electron chi connectivity index (χ1n) is 8.42. The van der Waals surface area contributed by atoms with Crippen molar-refractivity contribution in [2.45, 2.75) is 19.1 Å². The lowest BCUT2D eigenvalue weighted by atomic mass is 10.1. The van der Waals surface area contributed by atoms with Gasteiger partial charge in [0.2, 0.25) is 5.82 Å². The molecule has 6 nitrogen and oxygen atoms in total. The summed E-state index contributed by atoms with van der Waals surface area (Å²) in [4.78, 5) is 19.4. The van der Waals surface area contributed by atoms with E-state index in [9.17, 15) is 18.0 Å². The largest absolute Gasteiger partial charge is 0.497 e. The summed E-state index contributed by atoms with van der Waals surface area (Å²) in [5, 5.41) is 3.74. The van der Waals surface area contributed by atoms with E-state index in [0.29, 0.717) is 40.7 Å². The number of carbonyl (C=O) groups excluding carboxylic acids is 1. The van der Waals surface area contributed by atoms with Gasteiger partial charge >= 0.3 is 12.1 Å². The van der Waals surface area contributed by atoms with E-state index in [2.05, 4.69) is 14.7 Å². The first kappa shape index (κ1) is 19.7. The Morgan fingerprint density at radius 3 is 2.83 bits per heavy atom. The Morgan fingerprint density at radius 2 is 2.14 bits per heavy atom. The summed E-state index contributed by atoms with van der Waals surface area (Å²) < 4.78 is 47.5. The smallest absolute Gasteiger partial charge is 0.471 e. The van der Waals surface area contributed by atoms with Gasteiger partial charge in [-0.3, -0.25) is 4.79 Å². The lowest BCUT2D eigenvalue weighted by Gasteiger charge is -2.27. The molecule has 0 atom stereocenters. The number of thiophene rings is 1. The van der Waals surface area contributed by atoms with Gasteiger partial charge in [-0.25, -0.2) is 0 Å². The quantitative estimate of drug-likeness (QED) is 0.588. The third-order valence-corrected chi connectivity index (χ3v) is 6.01. The average molecular weight is 444 g/mol. The molecule has 0 bridgehead atoms. The van der Waals surface area contributed by atoms with Gasteiger partial charge in [0.1, 0.15) is 5.75 Å². The molecule has 152 valence electrons. The van der Waals surface area contributed by atoms with Crippen LogP contribution in [0.25, 0.3) is 10.7 Å². The zero-order valence-corrected chi connectivity index (χ0v) is 16.5. The fraction of sp³-hybridized carbons (Fsp3) is 0.278. The number of aromatic nitrogens is 2. The Kier molecular flexibility index (Phi) is 4.99. The van der Waals surface area contributed by atoms with Crippen molar-refractivity contribution in [3.63, 3.8) is 0 Å². The molecule has 0 saturated carbocycles. The summed E-state index contributed by atoms with van der Waals surface area (Å²) >= 11 is 7.47. The standard InChI is InChI=1S/C18H13ClF3N3O3S/c1-27-10-2-3-12(19)11(7-10)16(26)25-5-4-13-9(8-25)6-14(29-13)15-23-17(28-24-15)18(20,21)22/h2-3,6-7H,4-5,8H2,1H3. The van der Waals surface area contributed by atoms with Crippen molar-refractivity contribution in [2.24, 2.45) is 0 Å². The average Bonchev–Trinajstić information content (AvgIpc) is 3.34. The Labute approximate surface area is 171 Å². The predicted octanol–water partition coefficient (Wildman–Crippen LogP) is 4.68. The van der Waals surface area contributed by atoms with E-state index in [0.717, 1.165) is 10.4 Å². The number of methoxy groups -OCH3 is 1. The maximum Gasteiger partial charge on any atom is 0.471 e. The van der Waals surface area contributed by atoms with Gasteiger partial charge in [0.15, 0.2) is 0 Å². The molecule has 0 saturated heterocycles. The van der Waals surface area contributed by atoms with Gasteiger partial charge in [-0.1, -0.05) is 16.8 Å². The third-order valence-electron chi connectivity index (χ3n) is 4.45. The molecule has 29 heavy (non-hydrogen) atoms. The van der Waals surface area contributed by atoms with Crippen LogP contribution in [0.4, 0.5) is 13.2 Å². The summed E-state index contributed by atoms with van der Waals surface area (Å²) in [6.45, 7) is 0.765. The van der Waals surface area contributed by atoms with E-state index in [1.54, 1.807) is 29.2 Å². The second-order valence-corrected chi connectivity index (χ2v) is 7.85. The van der Waals surface area contributed by atoms with E-state index in [-0.39, 0.29) is 11.7 Å². The van der Waals surface area contributed by atoms with Crippen LogP contribution in [0.15, 0.2) is 28.8 Å². The Balaban J connectivity index is 1.57. The van der Waals surface area contributed by atoms with Gasteiger partial charge < -0.3 is 14.2 Å². The van der Waals surface area contributed by atoms with Crippen LogP contribution >= 0.6 is 22.9 Å². The van der Waals surface area contributed by atoms with Gasteiger partial charge in [0, 0.05) is 18.0 Å². The molecule has 0 unspecified atom stereocenters. The molecule has 1 aliphatic heterocycles. The fourth-order valence-electron chi connectivity index (χ4n) is 3.02. The van der Waals surface area contributed by atoms with Crippen molar-refractivity contribution < 1.29 is 27.2 Å². The lowest BCUT2D eigenvalue weighted by Crippen LogP contribution is -2.35. The van der Waals surface area contributed by atoms with Crippen LogP contribution in [0.3, 0.4) is 0 Å². The van der Waals surface area contributed by atoms with Crippen molar-refractivity contribution in [3.05, 3.63) is 51.2 Å². The molecule has 1 aromatic carbocycles. The van der Waals surface area contributed by atoms with Crippen molar-refractivity contribution in [1.82, 2.24) is 15.0 Å². The molecule has 3 heterocycles. The molecule has 0 aliphatic carbocycles. The van der Waals surface area contributed by atoms with Crippen molar-refractivity contribution in [1.29, 1.82) is 0 Å². The monoisotopic (exact) mass is 443 g/mol. The highest BCUT2D eigenvalue weighted by molar-refractivity contribution is 7.15. The van der Waals surface area contributed by atoms with Crippen LogP contribution in [-0.4, -0.2) is 34.6 Å². The molecule has 2 aromatic heterocycles. The molecule has 0 fully saturated rings. The number of benzene rings is 1. The zero-order chi connectivity index (χ0) is 20.8. The van der Waals surface area contributed by atoms with E-state index in [4.69, 9.17) is 16.3 Å². The topological polar surface area (TPSA) is 68.5 Å². The molecule has 4 rings (SSSR count). The number of hydrogen-bond acceptors (Lipinski definition) is 6. The van der Waals surface area contributed by atoms with E-state index in [1.807, 2.05) is 0 Å². The molecule has 0 N–H and O–H groups in total.